The minimum Gasteiger partial charge on any atom is -0.317 e. The highest BCUT2D eigenvalue weighted by Crippen LogP contribution is 2.46. The standard InChI is InChI=1S/C48H34N2S/c1-32-13-9-10-28-49(37-17-3-2-4-18-37)45-26-25-41-42-31-36(24-27-46(42)51-48(41)47(32)45)34-15-11-14-33(29-34)35-16-12-19-38(30-35)50-43-22-7-5-20-39(43)40-21-6-8-23-44(40)50/h2-8,10-12,14-31H,1,9,13H2/b28-10-. The Morgan fingerprint density at radius 3 is 1.92 bits per heavy atom. The third-order valence-electron chi connectivity index (χ3n) is 10.3. The van der Waals surface area contributed by atoms with Crippen molar-refractivity contribution in [2.45, 2.75) is 12.8 Å². The second-order valence-corrected chi connectivity index (χ2v) is 14.4. The van der Waals surface area contributed by atoms with E-state index in [0.29, 0.717) is 0 Å². The van der Waals surface area contributed by atoms with E-state index in [1.54, 1.807) is 0 Å². The van der Waals surface area contributed by atoms with Crippen LogP contribution in [0.4, 0.5) is 11.4 Å². The maximum absolute atomic E-state index is 4.61. The fourth-order valence-electron chi connectivity index (χ4n) is 7.91. The van der Waals surface area contributed by atoms with Gasteiger partial charge in [0.05, 0.1) is 16.7 Å². The Bertz CT molecular complexity index is 2780. The highest BCUT2D eigenvalue weighted by Gasteiger charge is 2.21. The zero-order valence-electron chi connectivity index (χ0n) is 28.1. The van der Waals surface area contributed by atoms with Gasteiger partial charge in [0.2, 0.25) is 0 Å². The molecule has 0 bridgehead atoms. The molecule has 9 aromatic rings. The summed E-state index contributed by atoms with van der Waals surface area (Å²) in [6.07, 6.45) is 6.42. The molecule has 0 radical (unpaired) electrons. The first-order valence-electron chi connectivity index (χ1n) is 17.6. The van der Waals surface area contributed by atoms with Gasteiger partial charge in [-0.25, -0.2) is 0 Å². The van der Waals surface area contributed by atoms with E-state index in [9.17, 15) is 0 Å². The van der Waals surface area contributed by atoms with E-state index < -0.39 is 0 Å². The lowest BCUT2D eigenvalue weighted by atomic mass is 9.95. The van der Waals surface area contributed by atoms with Crippen molar-refractivity contribution in [3.05, 3.63) is 182 Å². The van der Waals surface area contributed by atoms with Crippen LogP contribution in [0.1, 0.15) is 18.4 Å². The molecule has 0 amide bonds. The van der Waals surface area contributed by atoms with Crippen molar-refractivity contribution >= 4 is 70.3 Å². The minimum absolute atomic E-state index is 0.954. The summed E-state index contributed by atoms with van der Waals surface area (Å²) in [4.78, 5) is 2.32. The van der Waals surface area contributed by atoms with Gasteiger partial charge < -0.3 is 9.47 Å². The first kappa shape index (κ1) is 29.7. The fourth-order valence-corrected chi connectivity index (χ4v) is 9.19. The molecule has 0 fully saturated rings. The quantitative estimate of drug-likeness (QED) is 0.181. The first-order chi connectivity index (χ1) is 25.2. The van der Waals surface area contributed by atoms with Gasteiger partial charge in [0.1, 0.15) is 0 Å². The zero-order valence-corrected chi connectivity index (χ0v) is 28.9. The van der Waals surface area contributed by atoms with Crippen LogP contribution >= 0.6 is 11.3 Å². The second-order valence-electron chi connectivity index (χ2n) is 13.4. The third kappa shape index (κ3) is 4.92. The number of nitrogens with zero attached hydrogens (tertiary/aromatic N) is 2. The number of rotatable bonds is 4. The van der Waals surface area contributed by atoms with Crippen LogP contribution < -0.4 is 4.90 Å². The first-order valence-corrected chi connectivity index (χ1v) is 18.4. The van der Waals surface area contributed by atoms with Gasteiger partial charge in [-0.1, -0.05) is 110 Å². The Morgan fingerprint density at radius 1 is 0.510 bits per heavy atom. The Hall–Kier alpha value is -6.16. The van der Waals surface area contributed by atoms with E-state index >= 15 is 0 Å². The molecule has 0 atom stereocenters. The van der Waals surface area contributed by atoms with Gasteiger partial charge in [0, 0.05) is 54.1 Å². The molecule has 0 saturated heterocycles. The lowest BCUT2D eigenvalue weighted by Gasteiger charge is -2.26. The van der Waals surface area contributed by atoms with Gasteiger partial charge in [-0.2, -0.15) is 0 Å². The number of aromatic nitrogens is 1. The van der Waals surface area contributed by atoms with Gasteiger partial charge in [-0.05, 0) is 101 Å². The van der Waals surface area contributed by atoms with Gasteiger partial charge in [0.15, 0.2) is 0 Å². The highest BCUT2D eigenvalue weighted by molar-refractivity contribution is 7.26. The molecule has 2 aromatic heterocycles. The van der Waals surface area contributed by atoms with E-state index in [1.165, 1.54) is 86.7 Å². The van der Waals surface area contributed by atoms with Crippen LogP contribution in [0.3, 0.4) is 0 Å². The normalized spacial score (nSPS) is 13.9. The molecule has 0 spiro atoms. The predicted molar refractivity (Wildman–Crippen MR) is 221 cm³/mol. The summed E-state index contributed by atoms with van der Waals surface area (Å²) in [5, 5.41) is 5.14. The second kappa shape index (κ2) is 12.0. The van der Waals surface area contributed by atoms with Gasteiger partial charge >= 0.3 is 0 Å². The van der Waals surface area contributed by atoms with E-state index in [2.05, 4.69) is 186 Å². The molecule has 2 nitrogen and oxygen atoms in total. The Balaban J connectivity index is 1.06. The smallest absolute Gasteiger partial charge is 0.0544 e. The summed E-state index contributed by atoms with van der Waals surface area (Å²) >= 11 is 1.88. The number of thiophene rings is 1. The van der Waals surface area contributed by atoms with E-state index in [1.807, 2.05) is 11.3 Å². The molecule has 242 valence electrons. The van der Waals surface area contributed by atoms with Crippen LogP contribution in [0.2, 0.25) is 0 Å². The van der Waals surface area contributed by atoms with Gasteiger partial charge in [-0.15, -0.1) is 11.3 Å². The summed E-state index contributed by atoms with van der Waals surface area (Å²) in [5.74, 6) is 0. The Labute approximate surface area is 301 Å². The number of hydrogen-bond donors (Lipinski definition) is 0. The van der Waals surface area contributed by atoms with Gasteiger partial charge in [0.25, 0.3) is 0 Å². The minimum atomic E-state index is 0.954. The van der Waals surface area contributed by atoms with Crippen molar-refractivity contribution < 1.29 is 0 Å². The topological polar surface area (TPSA) is 8.17 Å². The van der Waals surface area contributed by atoms with Crippen molar-refractivity contribution in [3.8, 4) is 27.9 Å². The van der Waals surface area contributed by atoms with Crippen LogP contribution in [0.15, 0.2) is 177 Å². The molecule has 10 rings (SSSR count). The van der Waals surface area contributed by atoms with E-state index in [-0.39, 0.29) is 0 Å². The molecular formula is C48H34N2S. The summed E-state index contributed by atoms with van der Waals surface area (Å²) in [5.41, 5.74) is 13.3. The molecule has 1 aliphatic rings. The number of fused-ring (bicyclic) bond motifs is 8. The number of hydrogen-bond acceptors (Lipinski definition) is 2. The average Bonchev–Trinajstić information content (AvgIpc) is 3.72. The predicted octanol–water partition coefficient (Wildman–Crippen LogP) is 13.9. The molecule has 7 aromatic carbocycles. The SMILES string of the molecule is C=C1CC/C=C\N(c2ccccc2)c2ccc3c(sc4ccc(-c5cccc(-c6cccc(-n7c8ccccc8c8ccccc87)c6)c5)cc43)c21. The van der Waals surface area contributed by atoms with Gasteiger partial charge in [-0.3, -0.25) is 0 Å². The molecular weight excluding hydrogens is 637 g/mol. The highest BCUT2D eigenvalue weighted by atomic mass is 32.1. The Kier molecular flexibility index (Phi) is 7.00. The molecule has 51 heavy (non-hydrogen) atoms. The molecule has 0 saturated carbocycles. The number of benzene rings is 7. The maximum Gasteiger partial charge on any atom is 0.0544 e. The van der Waals surface area contributed by atoms with Crippen LogP contribution in [0.25, 0.3) is 75.5 Å². The summed E-state index contributed by atoms with van der Waals surface area (Å²) in [6.45, 7) is 4.61. The summed E-state index contributed by atoms with van der Waals surface area (Å²) in [6, 6.07) is 57.5. The monoisotopic (exact) mass is 670 g/mol. The molecule has 3 heterocycles. The molecule has 1 aliphatic heterocycles. The van der Waals surface area contributed by atoms with Crippen molar-refractivity contribution in [3.63, 3.8) is 0 Å². The average molecular weight is 671 g/mol. The number of allylic oxidation sites excluding steroid dienone is 2. The van der Waals surface area contributed by atoms with Crippen LogP contribution in [0.5, 0.6) is 0 Å². The number of para-hydroxylation sites is 3. The summed E-state index contributed by atoms with van der Waals surface area (Å²) in [7, 11) is 0. The lowest BCUT2D eigenvalue weighted by molar-refractivity contribution is 1.05. The summed E-state index contributed by atoms with van der Waals surface area (Å²) < 4.78 is 5.01. The lowest BCUT2D eigenvalue weighted by Crippen LogP contribution is -2.12. The van der Waals surface area contributed by atoms with E-state index in [0.717, 1.165) is 18.5 Å². The van der Waals surface area contributed by atoms with Crippen LogP contribution in [-0.2, 0) is 0 Å². The van der Waals surface area contributed by atoms with Crippen molar-refractivity contribution in [2.24, 2.45) is 0 Å². The van der Waals surface area contributed by atoms with Crippen molar-refractivity contribution in [1.82, 2.24) is 4.57 Å². The fraction of sp³-hybridized carbons (Fsp3) is 0.0417. The van der Waals surface area contributed by atoms with E-state index in [4.69, 9.17) is 0 Å². The van der Waals surface area contributed by atoms with Crippen molar-refractivity contribution in [2.75, 3.05) is 4.90 Å². The van der Waals surface area contributed by atoms with Crippen molar-refractivity contribution in [1.29, 1.82) is 0 Å². The molecule has 3 heteroatoms. The molecule has 0 aliphatic carbocycles. The zero-order chi connectivity index (χ0) is 33.9. The molecule has 0 N–H and O–H groups in total. The van der Waals surface area contributed by atoms with Crippen LogP contribution in [0, 0.1) is 0 Å². The largest absolute Gasteiger partial charge is 0.317 e. The Morgan fingerprint density at radius 2 is 1.16 bits per heavy atom. The number of anilines is 2. The molecule has 0 unspecified atom stereocenters. The third-order valence-corrected chi connectivity index (χ3v) is 11.5. The van der Waals surface area contributed by atoms with Crippen LogP contribution in [-0.4, -0.2) is 4.57 Å². The maximum atomic E-state index is 4.61.